The van der Waals surface area contributed by atoms with Crippen molar-refractivity contribution in [2.75, 3.05) is 0 Å². The molecule has 8 bridgehead atoms. The van der Waals surface area contributed by atoms with Gasteiger partial charge in [0.15, 0.2) is 0 Å². The van der Waals surface area contributed by atoms with Crippen LogP contribution in [0.25, 0.3) is 0 Å². The molecule has 7 aliphatic rings. The molecular formula is C23H36O2. The van der Waals surface area contributed by atoms with Crippen molar-refractivity contribution in [1.29, 1.82) is 0 Å². The van der Waals surface area contributed by atoms with Gasteiger partial charge in [0.2, 0.25) is 0 Å². The molecule has 140 valence electrons. The molecule has 7 saturated carbocycles. The van der Waals surface area contributed by atoms with Crippen molar-refractivity contribution < 1.29 is 9.90 Å². The largest absolute Gasteiger partial charge is 0.389 e. The van der Waals surface area contributed by atoms with E-state index in [0.29, 0.717) is 23.5 Å². The van der Waals surface area contributed by atoms with E-state index in [9.17, 15) is 9.90 Å². The molecule has 0 spiro atoms. The van der Waals surface area contributed by atoms with E-state index in [-0.39, 0.29) is 21.8 Å². The number of Topliss-reactive ketones (excluding diaryl/α,β-unsaturated/α-hetero) is 1. The zero-order valence-electron chi connectivity index (χ0n) is 16.6. The lowest BCUT2D eigenvalue weighted by molar-refractivity contribution is -0.363. The van der Waals surface area contributed by atoms with Crippen molar-refractivity contribution in [3.8, 4) is 0 Å². The molecule has 7 fully saturated rings. The average molecular weight is 345 g/mol. The third-order valence-corrected chi connectivity index (χ3v) is 10.5. The molecule has 0 heterocycles. The monoisotopic (exact) mass is 344 g/mol. The van der Waals surface area contributed by atoms with Crippen LogP contribution in [0.15, 0.2) is 0 Å². The summed E-state index contributed by atoms with van der Waals surface area (Å²) in [5.41, 5.74) is -0.108. The number of carbonyl (C=O) groups excluding carboxylic acids is 1. The molecule has 2 nitrogen and oxygen atoms in total. The van der Waals surface area contributed by atoms with Gasteiger partial charge in [-0.15, -0.1) is 0 Å². The van der Waals surface area contributed by atoms with Gasteiger partial charge in [0, 0.05) is 11.8 Å². The summed E-state index contributed by atoms with van der Waals surface area (Å²) in [4.78, 5) is 13.4. The predicted octanol–water partition coefficient (Wildman–Crippen LogP) is 4.99. The Morgan fingerprint density at radius 2 is 1.68 bits per heavy atom. The Morgan fingerprint density at radius 3 is 2.36 bits per heavy atom. The van der Waals surface area contributed by atoms with E-state index in [1.807, 2.05) is 0 Å². The van der Waals surface area contributed by atoms with Crippen LogP contribution in [0.5, 0.6) is 0 Å². The van der Waals surface area contributed by atoms with E-state index in [1.54, 1.807) is 0 Å². The minimum atomic E-state index is -0.383. The Balaban J connectivity index is 1.63. The SMILES string of the molecule is CCC(C)(C)C(=O)CC12CC3CC4C1CC1CC4(O)C(C3)C2(CC)C1. The van der Waals surface area contributed by atoms with Crippen molar-refractivity contribution in [2.24, 2.45) is 45.8 Å². The minimum absolute atomic E-state index is 0.188. The number of carbonyl (C=O) groups is 1. The number of hydrogen-bond donors (Lipinski definition) is 1. The van der Waals surface area contributed by atoms with Gasteiger partial charge in [0.1, 0.15) is 5.78 Å². The molecule has 2 heteroatoms. The number of rotatable bonds is 5. The smallest absolute Gasteiger partial charge is 0.139 e. The second-order valence-electron chi connectivity index (χ2n) is 11.3. The van der Waals surface area contributed by atoms with Gasteiger partial charge in [-0.1, -0.05) is 27.7 Å². The summed E-state index contributed by atoms with van der Waals surface area (Å²) in [6.45, 7) is 8.82. The predicted molar refractivity (Wildman–Crippen MR) is 99.0 cm³/mol. The second-order valence-corrected chi connectivity index (χ2v) is 11.3. The number of hydrogen-bond acceptors (Lipinski definition) is 2. The maximum absolute atomic E-state index is 13.4. The van der Waals surface area contributed by atoms with Gasteiger partial charge in [-0.25, -0.2) is 0 Å². The minimum Gasteiger partial charge on any atom is -0.389 e. The van der Waals surface area contributed by atoms with Crippen LogP contribution >= 0.6 is 0 Å². The maximum Gasteiger partial charge on any atom is 0.139 e. The Hall–Kier alpha value is -0.370. The quantitative estimate of drug-likeness (QED) is 0.763. The van der Waals surface area contributed by atoms with Gasteiger partial charge >= 0.3 is 0 Å². The first-order valence-corrected chi connectivity index (χ1v) is 11.0. The Morgan fingerprint density at radius 1 is 1.00 bits per heavy atom. The molecule has 8 unspecified atom stereocenters. The van der Waals surface area contributed by atoms with Crippen molar-refractivity contribution in [3.05, 3.63) is 0 Å². The van der Waals surface area contributed by atoms with Gasteiger partial charge in [-0.3, -0.25) is 4.79 Å². The van der Waals surface area contributed by atoms with Gasteiger partial charge < -0.3 is 5.11 Å². The fourth-order valence-electron chi connectivity index (χ4n) is 9.26. The van der Waals surface area contributed by atoms with Crippen LogP contribution in [0.2, 0.25) is 0 Å². The Kier molecular flexibility index (Phi) is 3.17. The molecule has 0 aromatic rings. The second kappa shape index (κ2) is 4.72. The first kappa shape index (κ1) is 16.8. The first-order valence-electron chi connectivity index (χ1n) is 11.0. The lowest BCUT2D eigenvalue weighted by Crippen LogP contribution is -2.79. The third-order valence-electron chi connectivity index (χ3n) is 10.5. The molecule has 0 aromatic carbocycles. The zero-order chi connectivity index (χ0) is 17.8. The Labute approximate surface area is 153 Å². The average Bonchev–Trinajstić information content (AvgIpc) is 2.58. The highest BCUT2D eigenvalue weighted by Crippen LogP contribution is 2.83. The standard InChI is InChI=1S/C23H36O2/c1-5-20(3,4)19(24)13-22-10-14-7-17-16(22)8-15-11-21(22,6-2)18(9-14)23(17,25)12-15/h14-18,25H,5-13H2,1-4H3. The summed E-state index contributed by atoms with van der Waals surface area (Å²) in [7, 11) is 0. The van der Waals surface area contributed by atoms with E-state index in [4.69, 9.17) is 0 Å². The van der Waals surface area contributed by atoms with E-state index in [1.165, 1.54) is 38.5 Å². The summed E-state index contributed by atoms with van der Waals surface area (Å²) in [6, 6.07) is 0. The van der Waals surface area contributed by atoms with Crippen molar-refractivity contribution in [3.63, 3.8) is 0 Å². The fourth-order valence-corrected chi connectivity index (χ4v) is 9.26. The van der Waals surface area contributed by atoms with Crippen LogP contribution in [0.1, 0.15) is 85.5 Å². The summed E-state index contributed by atoms with van der Waals surface area (Å²) >= 11 is 0. The highest BCUT2D eigenvalue weighted by Gasteiger charge is 2.79. The van der Waals surface area contributed by atoms with Crippen LogP contribution in [-0.4, -0.2) is 16.5 Å². The highest BCUT2D eigenvalue weighted by atomic mass is 16.3. The fraction of sp³-hybridized carbons (Fsp3) is 0.957. The van der Waals surface area contributed by atoms with E-state index in [0.717, 1.165) is 31.1 Å². The lowest BCUT2D eigenvalue weighted by Gasteiger charge is -2.81. The van der Waals surface area contributed by atoms with Gasteiger partial charge in [-0.2, -0.15) is 0 Å². The van der Waals surface area contributed by atoms with Gasteiger partial charge in [0.25, 0.3) is 0 Å². The Bertz CT molecular complexity index is 624. The zero-order valence-corrected chi connectivity index (χ0v) is 16.6. The normalized spacial score (nSPS) is 55.2. The van der Waals surface area contributed by atoms with Crippen molar-refractivity contribution >= 4 is 5.78 Å². The summed E-state index contributed by atoms with van der Waals surface area (Å²) in [6.07, 6.45) is 10.4. The van der Waals surface area contributed by atoms with Crippen LogP contribution in [0.4, 0.5) is 0 Å². The topological polar surface area (TPSA) is 37.3 Å². The number of ketones is 1. The summed E-state index contributed by atoms with van der Waals surface area (Å²) in [5.74, 6) is 3.60. The molecule has 0 amide bonds. The molecule has 8 atom stereocenters. The molecule has 0 radical (unpaired) electrons. The van der Waals surface area contributed by atoms with Crippen LogP contribution in [-0.2, 0) is 4.79 Å². The highest BCUT2D eigenvalue weighted by molar-refractivity contribution is 5.85. The van der Waals surface area contributed by atoms with Crippen LogP contribution in [0.3, 0.4) is 0 Å². The van der Waals surface area contributed by atoms with E-state index < -0.39 is 0 Å². The summed E-state index contributed by atoms with van der Waals surface area (Å²) < 4.78 is 0. The summed E-state index contributed by atoms with van der Waals surface area (Å²) in [5, 5.41) is 11.8. The first-order chi connectivity index (χ1) is 11.7. The molecular weight excluding hydrogens is 308 g/mol. The lowest BCUT2D eigenvalue weighted by atomic mass is 9.23. The molecule has 0 aliphatic heterocycles. The molecule has 7 aliphatic carbocycles. The molecule has 1 N–H and O–H groups in total. The van der Waals surface area contributed by atoms with E-state index >= 15 is 0 Å². The molecule has 0 saturated heterocycles. The maximum atomic E-state index is 13.4. The third kappa shape index (κ3) is 1.70. The number of aliphatic hydroxyl groups is 1. The van der Waals surface area contributed by atoms with Gasteiger partial charge in [-0.05, 0) is 91.8 Å². The van der Waals surface area contributed by atoms with Gasteiger partial charge in [0.05, 0.1) is 5.60 Å². The molecule has 7 rings (SSSR count). The van der Waals surface area contributed by atoms with Crippen LogP contribution < -0.4 is 0 Å². The van der Waals surface area contributed by atoms with Crippen LogP contribution in [0, 0.1) is 45.8 Å². The van der Waals surface area contributed by atoms with Crippen molar-refractivity contribution in [2.45, 2.75) is 91.1 Å². The molecule has 25 heavy (non-hydrogen) atoms. The molecule has 0 aromatic heterocycles. The van der Waals surface area contributed by atoms with E-state index in [2.05, 4.69) is 27.7 Å². The van der Waals surface area contributed by atoms with Crippen molar-refractivity contribution in [1.82, 2.24) is 0 Å².